The van der Waals surface area contributed by atoms with E-state index >= 15 is 0 Å². The Bertz CT molecular complexity index is 688. The van der Waals surface area contributed by atoms with E-state index in [1.165, 1.54) is 0 Å². The second-order valence-corrected chi connectivity index (χ2v) is 5.74. The van der Waals surface area contributed by atoms with Gasteiger partial charge in [0.2, 0.25) is 0 Å². The minimum absolute atomic E-state index is 0.395. The van der Waals surface area contributed by atoms with Crippen molar-refractivity contribution in [2.45, 2.75) is 12.1 Å². The van der Waals surface area contributed by atoms with Crippen molar-refractivity contribution in [3.05, 3.63) is 59.7 Å². The van der Waals surface area contributed by atoms with Crippen LogP contribution in [0.2, 0.25) is 0 Å². The maximum atomic E-state index is 12.4. The minimum atomic E-state index is -1.05. The molecule has 0 spiro atoms. The monoisotopic (exact) mass is 360 g/mol. The molecule has 0 aliphatic rings. The molecule has 5 N–H and O–H groups in total. The summed E-state index contributed by atoms with van der Waals surface area (Å²) in [6.07, 6.45) is -1.05. The molecule has 0 heterocycles. The first-order valence-corrected chi connectivity index (χ1v) is 8.22. The summed E-state index contributed by atoms with van der Waals surface area (Å²) in [6, 6.07) is 12.3. The van der Waals surface area contributed by atoms with Crippen molar-refractivity contribution >= 4 is 11.6 Å². The fourth-order valence-electron chi connectivity index (χ4n) is 2.35. The number of methoxy groups -OCH3 is 1. The maximum Gasteiger partial charge on any atom is 0.251 e. The summed E-state index contributed by atoms with van der Waals surface area (Å²) in [5.74, 6) is 0.223. The van der Waals surface area contributed by atoms with E-state index in [0.29, 0.717) is 35.8 Å². The van der Waals surface area contributed by atoms with Gasteiger partial charge in [-0.1, -0.05) is 12.1 Å². The van der Waals surface area contributed by atoms with Crippen LogP contribution >= 0.6 is 0 Å². The van der Waals surface area contributed by atoms with Gasteiger partial charge in [-0.15, -0.1) is 0 Å². The van der Waals surface area contributed by atoms with Crippen LogP contribution in [0.1, 0.15) is 22.0 Å². The molecule has 0 saturated heterocycles. The third kappa shape index (κ3) is 5.45. The normalized spacial score (nSPS) is 13.0. The molecule has 0 aliphatic heterocycles. The third-order valence-corrected chi connectivity index (χ3v) is 3.84. The molecule has 1 amide bonds. The number of amides is 1. The molecule has 0 aromatic heterocycles. The lowest BCUT2D eigenvalue weighted by atomic mass is 10.0. The van der Waals surface area contributed by atoms with Crippen LogP contribution in [-0.2, 0) is 4.74 Å². The summed E-state index contributed by atoms with van der Waals surface area (Å²) in [7, 11) is 1.59. The summed E-state index contributed by atoms with van der Waals surface area (Å²) in [5.41, 5.74) is 7.14. The molecule has 2 rings (SSSR count). The summed E-state index contributed by atoms with van der Waals surface area (Å²) in [5, 5.41) is 22.6. The molecule has 0 aliphatic carbocycles. The van der Waals surface area contributed by atoms with Crippen LogP contribution < -0.4 is 15.8 Å². The number of hydrogen-bond donors (Lipinski definition) is 4. The number of nitrogen functional groups attached to an aromatic ring is 1. The van der Waals surface area contributed by atoms with Crippen molar-refractivity contribution in [2.75, 3.05) is 32.7 Å². The van der Waals surface area contributed by atoms with Crippen LogP contribution in [0.4, 0.5) is 5.69 Å². The zero-order valence-electron chi connectivity index (χ0n) is 14.6. The topological polar surface area (TPSA) is 114 Å². The Balaban J connectivity index is 1.98. The Hall–Kier alpha value is -2.61. The summed E-state index contributed by atoms with van der Waals surface area (Å²) in [6.45, 7) is 0.487. The van der Waals surface area contributed by atoms with E-state index in [-0.39, 0.29) is 0 Å². The number of carbonyl (C=O) groups excluding carboxylic acids is 1. The molecule has 140 valence electrons. The predicted molar refractivity (Wildman–Crippen MR) is 98.0 cm³/mol. The van der Waals surface area contributed by atoms with E-state index in [1.54, 1.807) is 55.6 Å². The zero-order valence-corrected chi connectivity index (χ0v) is 14.6. The largest absolute Gasteiger partial charge is 0.491 e. The molecule has 7 heteroatoms. The van der Waals surface area contributed by atoms with E-state index in [4.69, 9.17) is 15.2 Å². The molecular formula is C19H24N2O5. The van der Waals surface area contributed by atoms with E-state index < -0.39 is 24.7 Å². The van der Waals surface area contributed by atoms with Crippen molar-refractivity contribution < 1.29 is 24.5 Å². The molecular weight excluding hydrogens is 336 g/mol. The molecule has 2 unspecified atom stereocenters. The van der Waals surface area contributed by atoms with E-state index in [2.05, 4.69) is 5.32 Å². The lowest BCUT2D eigenvalue weighted by Crippen LogP contribution is -2.41. The average Bonchev–Trinajstić information content (AvgIpc) is 2.66. The third-order valence-electron chi connectivity index (χ3n) is 3.84. The minimum Gasteiger partial charge on any atom is -0.491 e. The number of rotatable bonds is 9. The molecule has 2 aromatic rings. The van der Waals surface area contributed by atoms with Crippen molar-refractivity contribution in [2.24, 2.45) is 0 Å². The Morgan fingerprint density at radius 3 is 2.35 bits per heavy atom. The number of hydrogen-bond acceptors (Lipinski definition) is 6. The number of nitrogens with one attached hydrogen (secondary N) is 1. The van der Waals surface area contributed by atoms with Gasteiger partial charge in [0.15, 0.2) is 0 Å². The highest BCUT2D eigenvalue weighted by Crippen LogP contribution is 2.19. The van der Waals surface area contributed by atoms with Crippen LogP contribution in [0.15, 0.2) is 48.5 Å². The number of aliphatic hydroxyl groups is 2. The SMILES string of the molecule is COCCOc1ccc(C(=O)NC(CO)C(O)c2ccc(N)cc2)cc1. The van der Waals surface area contributed by atoms with Gasteiger partial charge in [0.25, 0.3) is 5.91 Å². The van der Waals surface area contributed by atoms with Gasteiger partial charge in [-0.25, -0.2) is 0 Å². The van der Waals surface area contributed by atoms with Crippen molar-refractivity contribution in [1.29, 1.82) is 0 Å². The highest BCUT2D eigenvalue weighted by Gasteiger charge is 2.22. The smallest absolute Gasteiger partial charge is 0.251 e. The molecule has 0 saturated carbocycles. The van der Waals surface area contributed by atoms with Gasteiger partial charge in [0.05, 0.1) is 19.3 Å². The number of anilines is 1. The molecule has 2 atom stereocenters. The molecule has 7 nitrogen and oxygen atoms in total. The van der Waals surface area contributed by atoms with E-state index in [0.717, 1.165) is 0 Å². The van der Waals surface area contributed by atoms with Crippen molar-refractivity contribution in [3.63, 3.8) is 0 Å². The summed E-state index contributed by atoms with van der Waals surface area (Å²) in [4.78, 5) is 12.4. The van der Waals surface area contributed by atoms with Crippen LogP contribution in [0.5, 0.6) is 5.75 Å². The van der Waals surface area contributed by atoms with Gasteiger partial charge in [-0.3, -0.25) is 4.79 Å². The Kier molecular flexibility index (Phi) is 7.40. The fraction of sp³-hybridized carbons (Fsp3) is 0.316. The number of carbonyl (C=O) groups is 1. The number of benzene rings is 2. The van der Waals surface area contributed by atoms with Gasteiger partial charge < -0.3 is 30.7 Å². The van der Waals surface area contributed by atoms with Gasteiger partial charge in [-0.05, 0) is 42.0 Å². The first-order chi connectivity index (χ1) is 12.5. The first kappa shape index (κ1) is 19.7. The predicted octanol–water partition coefficient (Wildman–Crippen LogP) is 1.12. The van der Waals surface area contributed by atoms with E-state index in [1.807, 2.05) is 0 Å². The first-order valence-electron chi connectivity index (χ1n) is 8.22. The molecule has 0 fully saturated rings. The quantitative estimate of drug-likeness (QED) is 0.394. The Labute approximate surface area is 152 Å². The molecule has 0 bridgehead atoms. The second kappa shape index (κ2) is 9.76. The van der Waals surface area contributed by atoms with Gasteiger partial charge in [-0.2, -0.15) is 0 Å². The number of ether oxygens (including phenoxy) is 2. The van der Waals surface area contributed by atoms with Crippen LogP contribution in [0.25, 0.3) is 0 Å². The van der Waals surface area contributed by atoms with Crippen molar-refractivity contribution in [1.82, 2.24) is 5.32 Å². The van der Waals surface area contributed by atoms with Crippen LogP contribution in [0.3, 0.4) is 0 Å². The lowest BCUT2D eigenvalue weighted by molar-refractivity contribution is 0.0703. The number of aliphatic hydroxyl groups excluding tert-OH is 2. The number of nitrogens with two attached hydrogens (primary N) is 1. The van der Waals surface area contributed by atoms with Gasteiger partial charge in [0.1, 0.15) is 18.5 Å². The molecule has 2 aromatic carbocycles. The molecule has 0 radical (unpaired) electrons. The fourth-order valence-corrected chi connectivity index (χ4v) is 2.35. The molecule has 26 heavy (non-hydrogen) atoms. The summed E-state index contributed by atoms with van der Waals surface area (Å²) < 4.78 is 10.3. The van der Waals surface area contributed by atoms with Gasteiger partial charge in [0, 0.05) is 18.4 Å². The summed E-state index contributed by atoms with van der Waals surface area (Å²) >= 11 is 0. The Morgan fingerprint density at radius 2 is 1.77 bits per heavy atom. The Morgan fingerprint density at radius 1 is 1.12 bits per heavy atom. The standard InChI is InChI=1S/C19H24N2O5/c1-25-10-11-26-16-8-4-14(5-9-16)19(24)21-17(12-22)18(23)13-2-6-15(20)7-3-13/h2-9,17-18,22-23H,10-12,20H2,1H3,(H,21,24). The second-order valence-electron chi connectivity index (χ2n) is 5.74. The van der Waals surface area contributed by atoms with Gasteiger partial charge >= 0.3 is 0 Å². The lowest BCUT2D eigenvalue weighted by Gasteiger charge is -2.22. The highest BCUT2D eigenvalue weighted by atomic mass is 16.5. The maximum absolute atomic E-state index is 12.4. The van der Waals surface area contributed by atoms with Crippen molar-refractivity contribution in [3.8, 4) is 5.75 Å². The zero-order chi connectivity index (χ0) is 18.9. The average molecular weight is 360 g/mol. The van der Waals surface area contributed by atoms with Crippen LogP contribution in [0, 0.1) is 0 Å². The van der Waals surface area contributed by atoms with E-state index in [9.17, 15) is 15.0 Å². The highest BCUT2D eigenvalue weighted by molar-refractivity contribution is 5.94. The van der Waals surface area contributed by atoms with Crippen LogP contribution in [-0.4, -0.2) is 49.1 Å².